The Morgan fingerprint density at radius 1 is 1.20 bits per heavy atom. The Hall–Kier alpha value is -3.94. The van der Waals surface area contributed by atoms with Gasteiger partial charge >= 0.3 is 6.03 Å². The number of imidazole rings is 1. The van der Waals surface area contributed by atoms with Crippen LogP contribution in [0.5, 0.6) is 5.75 Å². The first-order valence-electron chi connectivity index (χ1n) is 12.2. The van der Waals surface area contributed by atoms with E-state index in [1.165, 1.54) is 6.42 Å². The van der Waals surface area contributed by atoms with E-state index in [0.29, 0.717) is 12.6 Å². The molecule has 4 aromatic rings. The lowest BCUT2D eigenvalue weighted by atomic mass is 9.92. The van der Waals surface area contributed by atoms with Crippen LogP contribution in [-0.2, 0) is 6.54 Å². The highest BCUT2D eigenvalue weighted by Gasteiger charge is 2.27. The molecule has 0 radical (unpaired) electrons. The number of ether oxygens (including phenoxy) is 1. The van der Waals surface area contributed by atoms with Crippen LogP contribution >= 0.6 is 0 Å². The van der Waals surface area contributed by atoms with E-state index in [0.717, 1.165) is 58.7 Å². The number of nitrogen functional groups attached to an aromatic ring is 1. The Morgan fingerprint density at radius 3 is 2.66 bits per heavy atom. The molecular formula is C27H32N6O2. The molecule has 0 spiro atoms. The second-order valence-electron chi connectivity index (χ2n) is 9.38. The minimum absolute atomic E-state index is 0.0760. The average Bonchev–Trinajstić information content (AvgIpc) is 3.40. The largest absolute Gasteiger partial charge is 0.492 e. The zero-order valence-corrected chi connectivity index (χ0v) is 20.2. The SMILES string of the molecule is CC(C)NC(=O)Nc1ccc(-c2c(N)c3cc(OCCn4ccnc4)ccc3n2C2CCC2)cc1. The van der Waals surface area contributed by atoms with Gasteiger partial charge in [-0.1, -0.05) is 12.1 Å². The summed E-state index contributed by atoms with van der Waals surface area (Å²) in [5.74, 6) is 0.803. The number of anilines is 2. The average molecular weight is 473 g/mol. The van der Waals surface area contributed by atoms with Crippen molar-refractivity contribution >= 4 is 28.3 Å². The highest BCUT2D eigenvalue weighted by Crippen LogP contribution is 2.44. The smallest absolute Gasteiger partial charge is 0.319 e. The summed E-state index contributed by atoms with van der Waals surface area (Å²) >= 11 is 0. The predicted octanol–water partition coefficient (Wildman–Crippen LogP) is 5.42. The molecule has 0 unspecified atom stereocenters. The second kappa shape index (κ2) is 9.74. The number of carbonyl (C=O) groups excluding carboxylic acids is 1. The second-order valence-corrected chi connectivity index (χ2v) is 9.38. The molecule has 1 aliphatic carbocycles. The molecule has 0 saturated heterocycles. The van der Waals surface area contributed by atoms with Gasteiger partial charge in [0.05, 0.1) is 29.8 Å². The van der Waals surface area contributed by atoms with E-state index in [4.69, 9.17) is 10.5 Å². The van der Waals surface area contributed by atoms with E-state index in [1.54, 1.807) is 12.5 Å². The van der Waals surface area contributed by atoms with Gasteiger partial charge in [0, 0.05) is 41.1 Å². The number of carbonyl (C=O) groups is 1. The van der Waals surface area contributed by atoms with Crippen molar-refractivity contribution in [3.8, 4) is 17.0 Å². The first-order chi connectivity index (χ1) is 17.0. The highest BCUT2D eigenvalue weighted by molar-refractivity contribution is 6.02. The minimum Gasteiger partial charge on any atom is -0.492 e. The summed E-state index contributed by atoms with van der Waals surface area (Å²) in [4.78, 5) is 16.1. The van der Waals surface area contributed by atoms with Gasteiger partial charge in [-0.3, -0.25) is 0 Å². The summed E-state index contributed by atoms with van der Waals surface area (Å²) < 4.78 is 10.4. The number of nitrogens with one attached hydrogen (secondary N) is 2. The standard InChI is InChI=1S/C27H32N6O2/c1-18(2)30-27(34)31-20-8-6-19(7-9-20)26-25(28)23-16-22(35-15-14-32-13-12-29-17-32)10-11-24(23)33(26)21-4-3-5-21/h6-13,16-18,21H,3-5,14-15,28H2,1-2H3,(H2,30,31,34). The summed E-state index contributed by atoms with van der Waals surface area (Å²) in [6.07, 6.45) is 9.00. The topological polar surface area (TPSA) is 99.1 Å². The Bertz CT molecular complexity index is 1300. The van der Waals surface area contributed by atoms with Crippen molar-refractivity contribution in [3.05, 3.63) is 61.2 Å². The maximum Gasteiger partial charge on any atom is 0.319 e. The van der Waals surface area contributed by atoms with Gasteiger partial charge < -0.3 is 30.2 Å². The number of urea groups is 1. The lowest BCUT2D eigenvalue weighted by molar-refractivity contribution is 0.250. The summed E-state index contributed by atoms with van der Waals surface area (Å²) in [5, 5.41) is 6.73. The third kappa shape index (κ3) is 4.82. The van der Waals surface area contributed by atoms with Crippen LogP contribution in [0.2, 0.25) is 0 Å². The molecule has 2 aromatic heterocycles. The van der Waals surface area contributed by atoms with Crippen LogP contribution in [-0.4, -0.2) is 32.8 Å². The number of rotatable bonds is 8. The van der Waals surface area contributed by atoms with Crippen LogP contribution in [0.25, 0.3) is 22.2 Å². The van der Waals surface area contributed by atoms with Crippen molar-refractivity contribution in [2.45, 2.75) is 51.7 Å². The molecule has 4 N–H and O–H groups in total. The van der Waals surface area contributed by atoms with Crippen molar-refractivity contribution in [2.75, 3.05) is 17.7 Å². The van der Waals surface area contributed by atoms with E-state index in [9.17, 15) is 4.79 Å². The molecule has 1 saturated carbocycles. The number of aromatic nitrogens is 3. The molecule has 5 rings (SSSR count). The number of amides is 2. The number of benzene rings is 2. The quantitative estimate of drug-likeness (QED) is 0.319. The maximum absolute atomic E-state index is 12.1. The molecule has 0 atom stereocenters. The van der Waals surface area contributed by atoms with Gasteiger partial charge in [-0.15, -0.1) is 0 Å². The van der Waals surface area contributed by atoms with E-state index in [-0.39, 0.29) is 12.1 Å². The molecule has 2 heterocycles. The van der Waals surface area contributed by atoms with E-state index < -0.39 is 0 Å². The molecule has 0 aliphatic heterocycles. The Balaban J connectivity index is 1.42. The summed E-state index contributed by atoms with van der Waals surface area (Å²) in [7, 11) is 0. The van der Waals surface area contributed by atoms with Crippen LogP contribution in [0.15, 0.2) is 61.2 Å². The molecule has 8 nitrogen and oxygen atoms in total. The van der Waals surface area contributed by atoms with Gasteiger partial charge in [0.15, 0.2) is 0 Å². The van der Waals surface area contributed by atoms with Crippen LogP contribution in [0.3, 0.4) is 0 Å². The van der Waals surface area contributed by atoms with Crippen LogP contribution in [0.1, 0.15) is 39.2 Å². The fraction of sp³-hybridized carbons (Fsp3) is 0.333. The number of hydrogen-bond acceptors (Lipinski definition) is 4. The highest BCUT2D eigenvalue weighted by atomic mass is 16.5. The minimum atomic E-state index is -0.212. The van der Waals surface area contributed by atoms with E-state index in [2.05, 4.69) is 26.3 Å². The molecular weight excluding hydrogens is 440 g/mol. The van der Waals surface area contributed by atoms with Crippen LogP contribution in [0.4, 0.5) is 16.2 Å². The zero-order valence-electron chi connectivity index (χ0n) is 20.2. The predicted molar refractivity (Wildman–Crippen MR) is 140 cm³/mol. The van der Waals surface area contributed by atoms with Gasteiger partial charge in [-0.25, -0.2) is 9.78 Å². The molecule has 0 bridgehead atoms. The Kier molecular flexibility index (Phi) is 6.35. The normalized spacial score (nSPS) is 13.7. The Labute approximate surface area is 205 Å². The third-order valence-electron chi connectivity index (χ3n) is 6.47. The summed E-state index contributed by atoms with van der Waals surface area (Å²) in [6.45, 7) is 5.15. The molecule has 182 valence electrons. The van der Waals surface area contributed by atoms with Gasteiger partial charge in [-0.05, 0) is 63.4 Å². The summed E-state index contributed by atoms with van der Waals surface area (Å²) in [6, 6.07) is 14.4. The molecule has 8 heteroatoms. The third-order valence-corrected chi connectivity index (χ3v) is 6.47. The van der Waals surface area contributed by atoms with Gasteiger partial charge in [0.2, 0.25) is 0 Å². The first-order valence-corrected chi connectivity index (χ1v) is 12.2. The van der Waals surface area contributed by atoms with Crippen LogP contribution in [0, 0.1) is 0 Å². The molecule has 35 heavy (non-hydrogen) atoms. The van der Waals surface area contributed by atoms with Gasteiger partial charge in [0.1, 0.15) is 12.4 Å². The fourth-order valence-electron chi connectivity index (χ4n) is 4.56. The van der Waals surface area contributed by atoms with Crippen LogP contribution < -0.4 is 21.1 Å². The fourth-order valence-corrected chi connectivity index (χ4v) is 4.56. The molecule has 2 amide bonds. The molecule has 2 aromatic carbocycles. The lowest BCUT2D eigenvalue weighted by Crippen LogP contribution is -2.34. The monoisotopic (exact) mass is 472 g/mol. The van der Waals surface area contributed by atoms with Gasteiger partial charge in [0.25, 0.3) is 0 Å². The molecule has 1 fully saturated rings. The van der Waals surface area contributed by atoms with Crippen molar-refractivity contribution in [2.24, 2.45) is 0 Å². The van der Waals surface area contributed by atoms with E-state index in [1.807, 2.05) is 61.0 Å². The first kappa shape index (κ1) is 22.8. The maximum atomic E-state index is 12.1. The number of nitrogens with two attached hydrogens (primary N) is 1. The van der Waals surface area contributed by atoms with Crippen molar-refractivity contribution in [3.63, 3.8) is 0 Å². The molecule has 1 aliphatic rings. The zero-order chi connectivity index (χ0) is 24.4. The van der Waals surface area contributed by atoms with Crippen molar-refractivity contribution in [1.82, 2.24) is 19.4 Å². The number of fused-ring (bicyclic) bond motifs is 1. The summed E-state index contributed by atoms with van der Waals surface area (Å²) in [5.41, 5.74) is 11.4. The van der Waals surface area contributed by atoms with E-state index >= 15 is 0 Å². The van der Waals surface area contributed by atoms with Gasteiger partial charge in [-0.2, -0.15) is 0 Å². The van der Waals surface area contributed by atoms with Crippen molar-refractivity contribution in [1.29, 1.82) is 0 Å². The number of nitrogens with zero attached hydrogens (tertiary/aromatic N) is 3. The lowest BCUT2D eigenvalue weighted by Gasteiger charge is -2.30. The Morgan fingerprint density at radius 2 is 2.00 bits per heavy atom. The number of hydrogen-bond donors (Lipinski definition) is 3. The van der Waals surface area contributed by atoms with Crippen molar-refractivity contribution < 1.29 is 9.53 Å².